The molecule has 1 aromatic carbocycles. The summed E-state index contributed by atoms with van der Waals surface area (Å²) in [4.78, 5) is 9.45. The lowest BCUT2D eigenvalue weighted by molar-refractivity contribution is -0.145. The number of carbonyl (C=O) groups is 1. The van der Waals surface area contributed by atoms with Crippen molar-refractivity contribution >= 4 is 29.2 Å². The number of hydrogen-bond acceptors (Lipinski definition) is 3. The van der Waals surface area contributed by atoms with Crippen molar-refractivity contribution in [3.05, 3.63) is 28.2 Å². The third kappa shape index (κ3) is 5.47. The number of phenols is 1. The van der Waals surface area contributed by atoms with Crippen molar-refractivity contribution in [2.75, 3.05) is 0 Å². The van der Waals surface area contributed by atoms with E-state index in [1.807, 2.05) is 0 Å². The number of aromatic hydroxyl groups is 1. The molecule has 0 radical (unpaired) electrons. The SMILES string of the molecule is CC(O)C(=O)O.Oc1cccc(Cl)c1Cl. The van der Waals surface area contributed by atoms with Crippen LogP contribution in [0.4, 0.5) is 0 Å². The number of carboxylic acids is 1. The average molecular weight is 253 g/mol. The molecular formula is C9H10Cl2O4. The Labute approximate surface area is 96.7 Å². The smallest absolute Gasteiger partial charge is 0.332 e. The van der Waals surface area contributed by atoms with Gasteiger partial charge in [-0.15, -0.1) is 0 Å². The fourth-order valence-corrected chi connectivity index (χ4v) is 0.788. The van der Waals surface area contributed by atoms with E-state index in [1.54, 1.807) is 12.1 Å². The normalized spacial score (nSPS) is 11.2. The van der Waals surface area contributed by atoms with Gasteiger partial charge in [-0.25, -0.2) is 4.79 Å². The molecule has 1 unspecified atom stereocenters. The molecule has 0 heterocycles. The summed E-state index contributed by atoms with van der Waals surface area (Å²) in [5, 5.41) is 25.2. The summed E-state index contributed by atoms with van der Waals surface area (Å²) in [6.45, 7) is 1.20. The van der Waals surface area contributed by atoms with Gasteiger partial charge >= 0.3 is 5.97 Å². The van der Waals surface area contributed by atoms with Gasteiger partial charge in [-0.05, 0) is 19.1 Å². The lowest BCUT2D eigenvalue weighted by Crippen LogP contribution is -2.13. The first-order valence-corrected chi connectivity index (χ1v) is 4.65. The van der Waals surface area contributed by atoms with Gasteiger partial charge in [0.2, 0.25) is 0 Å². The first kappa shape index (κ1) is 14.0. The standard InChI is InChI=1S/C6H4Cl2O.C3H6O3/c7-4-2-1-3-5(9)6(4)8;1-2(4)3(5)6/h1-3,9H;2,4H,1H3,(H,5,6). The molecule has 0 aliphatic rings. The molecule has 0 saturated carbocycles. The minimum atomic E-state index is -1.23. The van der Waals surface area contributed by atoms with E-state index < -0.39 is 12.1 Å². The van der Waals surface area contributed by atoms with Crippen LogP contribution < -0.4 is 0 Å². The predicted octanol–water partition coefficient (Wildman–Crippen LogP) is 2.15. The highest BCUT2D eigenvalue weighted by atomic mass is 35.5. The molecule has 0 bridgehead atoms. The maximum Gasteiger partial charge on any atom is 0.332 e. The van der Waals surface area contributed by atoms with Gasteiger partial charge in [0.05, 0.1) is 5.02 Å². The summed E-state index contributed by atoms with van der Waals surface area (Å²) < 4.78 is 0. The van der Waals surface area contributed by atoms with E-state index >= 15 is 0 Å². The van der Waals surface area contributed by atoms with Crippen molar-refractivity contribution in [2.45, 2.75) is 13.0 Å². The van der Waals surface area contributed by atoms with Gasteiger partial charge in [-0.2, -0.15) is 0 Å². The molecule has 1 rings (SSSR count). The second kappa shape index (κ2) is 6.50. The second-order valence-corrected chi connectivity index (χ2v) is 3.37. The van der Waals surface area contributed by atoms with Crippen LogP contribution in [0, 0.1) is 0 Å². The monoisotopic (exact) mass is 252 g/mol. The third-order valence-corrected chi connectivity index (χ3v) is 2.10. The van der Waals surface area contributed by atoms with E-state index in [0.29, 0.717) is 5.02 Å². The van der Waals surface area contributed by atoms with Gasteiger partial charge in [0.1, 0.15) is 16.9 Å². The van der Waals surface area contributed by atoms with Crippen LogP contribution in [0.3, 0.4) is 0 Å². The highest BCUT2D eigenvalue weighted by Crippen LogP contribution is 2.29. The molecular weight excluding hydrogens is 243 g/mol. The summed E-state index contributed by atoms with van der Waals surface area (Å²) in [6.07, 6.45) is -1.23. The zero-order valence-corrected chi connectivity index (χ0v) is 9.33. The largest absolute Gasteiger partial charge is 0.506 e. The van der Waals surface area contributed by atoms with Crippen molar-refractivity contribution in [3.63, 3.8) is 0 Å². The van der Waals surface area contributed by atoms with Crippen molar-refractivity contribution in [3.8, 4) is 5.75 Å². The minimum Gasteiger partial charge on any atom is -0.506 e. The summed E-state index contributed by atoms with van der Waals surface area (Å²) >= 11 is 11.0. The predicted molar refractivity (Wildman–Crippen MR) is 57.4 cm³/mol. The maximum atomic E-state index is 9.45. The Hall–Kier alpha value is -0.970. The van der Waals surface area contributed by atoms with Crippen molar-refractivity contribution in [2.24, 2.45) is 0 Å². The van der Waals surface area contributed by atoms with Crippen LogP contribution in [-0.2, 0) is 4.79 Å². The summed E-state index contributed by atoms with van der Waals surface area (Å²) in [7, 11) is 0. The van der Waals surface area contributed by atoms with Crippen LogP contribution in [0.5, 0.6) is 5.75 Å². The first-order valence-electron chi connectivity index (χ1n) is 3.90. The number of hydrogen-bond donors (Lipinski definition) is 3. The number of halogens is 2. The molecule has 0 spiro atoms. The van der Waals surface area contributed by atoms with Gasteiger partial charge in [0, 0.05) is 0 Å². The van der Waals surface area contributed by atoms with E-state index in [2.05, 4.69) is 0 Å². The molecule has 6 heteroatoms. The second-order valence-electron chi connectivity index (χ2n) is 2.59. The Morgan fingerprint density at radius 3 is 2.13 bits per heavy atom. The molecule has 84 valence electrons. The van der Waals surface area contributed by atoms with E-state index in [0.717, 1.165) is 0 Å². The van der Waals surface area contributed by atoms with Crippen LogP contribution >= 0.6 is 23.2 Å². The van der Waals surface area contributed by atoms with Gasteiger partial charge in [0.15, 0.2) is 0 Å². The lowest BCUT2D eigenvalue weighted by Gasteiger charge is -1.95. The quantitative estimate of drug-likeness (QED) is 0.716. The van der Waals surface area contributed by atoms with E-state index in [4.69, 9.17) is 38.5 Å². The number of carboxylic acid groups (broad SMARTS) is 1. The maximum absolute atomic E-state index is 9.45. The Bertz CT molecular complexity index is 319. The van der Waals surface area contributed by atoms with Gasteiger partial charge in [-0.3, -0.25) is 0 Å². The molecule has 4 nitrogen and oxygen atoms in total. The number of rotatable bonds is 1. The molecule has 0 aromatic heterocycles. The number of benzene rings is 1. The van der Waals surface area contributed by atoms with E-state index in [1.165, 1.54) is 13.0 Å². The fourth-order valence-electron chi connectivity index (χ4n) is 0.492. The molecule has 0 aliphatic heterocycles. The number of aliphatic carboxylic acids is 1. The van der Waals surface area contributed by atoms with Gasteiger partial charge < -0.3 is 15.3 Å². The zero-order chi connectivity index (χ0) is 12.0. The highest BCUT2D eigenvalue weighted by molar-refractivity contribution is 6.42. The number of aliphatic hydroxyl groups is 1. The Morgan fingerprint density at radius 1 is 1.40 bits per heavy atom. The van der Waals surface area contributed by atoms with E-state index in [-0.39, 0.29) is 10.8 Å². The molecule has 1 aromatic rings. The van der Waals surface area contributed by atoms with Crippen LogP contribution in [0.1, 0.15) is 6.92 Å². The number of phenolic OH excluding ortho intramolecular Hbond substituents is 1. The molecule has 0 amide bonds. The highest BCUT2D eigenvalue weighted by Gasteiger charge is 2.01. The summed E-state index contributed by atoms with van der Waals surface area (Å²) in [6, 6.07) is 4.72. The molecule has 0 fully saturated rings. The zero-order valence-electron chi connectivity index (χ0n) is 7.82. The van der Waals surface area contributed by atoms with E-state index in [9.17, 15) is 4.79 Å². The number of aliphatic hydroxyl groups excluding tert-OH is 1. The van der Waals surface area contributed by atoms with Crippen molar-refractivity contribution in [1.29, 1.82) is 0 Å². The molecule has 3 N–H and O–H groups in total. The van der Waals surface area contributed by atoms with Crippen LogP contribution in [-0.4, -0.2) is 27.4 Å². The first-order chi connectivity index (χ1) is 6.86. The lowest BCUT2D eigenvalue weighted by atomic mass is 10.3. The summed E-state index contributed by atoms with van der Waals surface area (Å²) in [5.74, 6) is -1.17. The fraction of sp³-hybridized carbons (Fsp3) is 0.222. The van der Waals surface area contributed by atoms with Crippen LogP contribution in [0.2, 0.25) is 10.0 Å². The van der Waals surface area contributed by atoms with Gasteiger partial charge in [-0.1, -0.05) is 29.3 Å². The molecule has 0 saturated heterocycles. The summed E-state index contributed by atoms with van der Waals surface area (Å²) in [5.41, 5.74) is 0. The van der Waals surface area contributed by atoms with Crippen LogP contribution in [0.25, 0.3) is 0 Å². The molecule has 1 atom stereocenters. The molecule has 15 heavy (non-hydrogen) atoms. The Balaban J connectivity index is 0.000000288. The van der Waals surface area contributed by atoms with Crippen molar-refractivity contribution < 1.29 is 20.1 Å². The Morgan fingerprint density at radius 2 is 1.87 bits per heavy atom. The van der Waals surface area contributed by atoms with Gasteiger partial charge in [0.25, 0.3) is 0 Å². The van der Waals surface area contributed by atoms with Crippen LogP contribution in [0.15, 0.2) is 18.2 Å². The molecule has 0 aliphatic carbocycles. The topological polar surface area (TPSA) is 77.8 Å². The Kier molecular flexibility index (Phi) is 6.08. The third-order valence-electron chi connectivity index (χ3n) is 1.29. The van der Waals surface area contributed by atoms with Crippen molar-refractivity contribution in [1.82, 2.24) is 0 Å². The average Bonchev–Trinajstić information content (AvgIpc) is 2.15. The minimum absolute atomic E-state index is 0.0177.